The molecular weight excluding hydrogens is 525 g/mol. The molecule has 1 atom stereocenters. The maximum Gasteiger partial charge on any atom is 0.251 e. The van der Waals surface area contributed by atoms with Gasteiger partial charge in [-0.1, -0.05) is 59.8 Å². The van der Waals surface area contributed by atoms with Gasteiger partial charge in [0.15, 0.2) is 0 Å². The molecule has 0 saturated heterocycles. The van der Waals surface area contributed by atoms with E-state index >= 15 is 0 Å². The fourth-order valence-electron chi connectivity index (χ4n) is 4.57. The molecule has 10 heteroatoms. The summed E-state index contributed by atoms with van der Waals surface area (Å²) in [6.45, 7) is -0.122. The van der Waals surface area contributed by atoms with Crippen LogP contribution in [0.25, 0.3) is 11.0 Å². The van der Waals surface area contributed by atoms with Gasteiger partial charge in [0, 0.05) is 12.6 Å². The molecule has 0 saturated carbocycles. The number of halogens is 1. The zero-order valence-corrected chi connectivity index (χ0v) is 22.5. The minimum absolute atomic E-state index is 0.0402. The van der Waals surface area contributed by atoms with Crippen LogP contribution in [0.15, 0.2) is 97.1 Å². The quantitative estimate of drug-likeness (QED) is 0.262. The molecule has 1 unspecified atom stereocenters. The zero-order valence-electron chi connectivity index (χ0n) is 22.5. The van der Waals surface area contributed by atoms with E-state index in [0.717, 1.165) is 0 Å². The summed E-state index contributed by atoms with van der Waals surface area (Å²) in [4.78, 5) is 29.6. The fourth-order valence-corrected chi connectivity index (χ4v) is 4.57. The van der Waals surface area contributed by atoms with Crippen LogP contribution in [0.5, 0.6) is 11.5 Å². The number of methoxy groups -OCH3 is 2. The third-order valence-electron chi connectivity index (χ3n) is 6.63. The van der Waals surface area contributed by atoms with Crippen molar-refractivity contribution >= 4 is 28.5 Å². The van der Waals surface area contributed by atoms with Crippen LogP contribution in [-0.2, 0) is 22.7 Å². The zero-order chi connectivity index (χ0) is 28.8. The first-order valence-electron chi connectivity index (χ1n) is 12.9. The fraction of sp³-hybridized carbons (Fsp3) is 0.161. The molecule has 9 nitrogen and oxygen atoms in total. The lowest BCUT2D eigenvalue weighted by Gasteiger charge is -2.32. The van der Waals surface area contributed by atoms with Crippen molar-refractivity contribution in [2.24, 2.45) is 0 Å². The molecule has 41 heavy (non-hydrogen) atoms. The molecule has 5 aromatic rings. The number of carbonyl (C=O) groups is 2. The van der Waals surface area contributed by atoms with E-state index in [1.807, 2.05) is 30.3 Å². The van der Waals surface area contributed by atoms with E-state index in [0.29, 0.717) is 39.3 Å². The summed E-state index contributed by atoms with van der Waals surface area (Å²) in [5.41, 5.74) is 2.99. The van der Waals surface area contributed by atoms with Crippen LogP contribution in [-0.4, -0.2) is 45.9 Å². The third kappa shape index (κ3) is 6.17. The maximum absolute atomic E-state index is 14.1. The summed E-state index contributed by atoms with van der Waals surface area (Å²) < 4.78 is 26.0. The standard InChI is InChI=1S/C31H28FN5O4/c1-40-24-16-17-26(28(18-24)41-2)33-31(39)30(22-8-4-3-5-9-22)36(19-21-12-14-23(32)15-13-21)29(38)20-37-27-11-7-6-10-25(27)34-35-37/h3-18,30H,19-20H2,1-2H3,(H,33,39). The second-order valence-corrected chi connectivity index (χ2v) is 9.25. The average molecular weight is 554 g/mol. The van der Waals surface area contributed by atoms with Gasteiger partial charge in [-0.2, -0.15) is 0 Å². The number of para-hydroxylation sites is 1. The van der Waals surface area contributed by atoms with Crippen LogP contribution >= 0.6 is 0 Å². The molecule has 0 aliphatic heterocycles. The normalized spacial score (nSPS) is 11.6. The van der Waals surface area contributed by atoms with E-state index < -0.39 is 17.8 Å². The highest BCUT2D eigenvalue weighted by Crippen LogP contribution is 2.32. The van der Waals surface area contributed by atoms with Gasteiger partial charge in [-0.3, -0.25) is 9.59 Å². The Morgan fingerprint density at radius 3 is 2.39 bits per heavy atom. The largest absolute Gasteiger partial charge is 0.497 e. The first-order chi connectivity index (χ1) is 20.0. The number of hydrogen-bond donors (Lipinski definition) is 1. The molecule has 0 aliphatic carbocycles. The Balaban J connectivity index is 1.54. The molecule has 4 aromatic carbocycles. The number of rotatable bonds is 10. The molecule has 1 N–H and O–H groups in total. The topological polar surface area (TPSA) is 98.6 Å². The molecule has 1 heterocycles. The van der Waals surface area contributed by atoms with E-state index in [2.05, 4.69) is 15.6 Å². The maximum atomic E-state index is 14.1. The molecule has 0 bridgehead atoms. The van der Waals surface area contributed by atoms with E-state index in [1.54, 1.807) is 54.6 Å². The highest BCUT2D eigenvalue weighted by molar-refractivity contribution is 5.99. The van der Waals surface area contributed by atoms with Crippen molar-refractivity contribution in [2.45, 2.75) is 19.1 Å². The molecule has 5 rings (SSSR count). The predicted molar refractivity (Wildman–Crippen MR) is 152 cm³/mol. The smallest absolute Gasteiger partial charge is 0.251 e. The predicted octanol–water partition coefficient (Wildman–Crippen LogP) is 5.00. The average Bonchev–Trinajstić information content (AvgIpc) is 3.41. The Morgan fingerprint density at radius 1 is 0.927 bits per heavy atom. The monoisotopic (exact) mass is 553 g/mol. The minimum atomic E-state index is -1.05. The number of nitrogens with zero attached hydrogens (tertiary/aromatic N) is 4. The van der Waals surface area contributed by atoms with Crippen molar-refractivity contribution in [1.29, 1.82) is 0 Å². The molecular formula is C31H28FN5O4. The van der Waals surface area contributed by atoms with Gasteiger partial charge in [0.1, 0.15) is 35.4 Å². The first-order valence-corrected chi connectivity index (χ1v) is 12.9. The Morgan fingerprint density at radius 2 is 1.66 bits per heavy atom. The van der Waals surface area contributed by atoms with Crippen molar-refractivity contribution in [3.8, 4) is 11.5 Å². The van der Waals surface area contributed by atoms with Crippen LogP contribution < -0.4 is 14.8 Å². The van der Waals surface area contributed by atoms with Crippen molar-refractivity contribution in [1.82, 2.24) is 19.9 Å². The van der Waals surface area contributed by atoms with Crippen molar-refractivity contribution in [3.63, 3.8) is 0 Å². The van der Waals surface area contributed by atoms with Gasteiger partial charge in [0.05, 0.1) is 25.4 Å². The van der Waals surface area contributed by atoms with Crippen LogP contribution in [0.4, 0.5) is 10.1 Å². The molecule has 208 valence electrons. The number of carbonyl (C=O) groups excluding carboxylic acids is 2. The molecule has 0 spiro atoms. The van der Waals surface area contributed by atoms with Crippen LogP contribution in [0.1, 0.15) is 17.2 Å². The Labute approximate surface area is 236 Å². The highest BCUT2D eigenvalue weighted by atomic mass is 19.1. The lowest BCUT2D eigenvalue weighted by Crippen LogP contribution is -2.42. The third-order valence-corrected chi connectivity index (χ3v) is 6.63. The van der Waals surface area contributed by atoms with Gasteiger partial charge in [0.2, 0.25) is 5.91 Å². The summed E-state index contributed by atoms with van der Waals surface area (Å²) in [5.74, 6) is -0.276. The summed E-state index contributed by atoms with van der Waals surface area (Å²) in [7, 11) is 3.03. The number of fused-ring (bicyclic) bond motifs is 1. The van der Waals surface area contributed by atoms with Crippen molar-refractivity contribution in [2.75, 3.05) is 19.5 Å². The number of nitrogens with one attached hydrogen (secondary N) is 1. The lowest BCUT2D eigenvalue weighted by molar-refractivity contribution is -0.140. The Kier molecular flexibility index (Phi) is 8.19. The number of amides is 2. The second kappa shape index (κ2) is 12.3. The molecule has 0 aliphatic rings. The van der Waals surface area contributed by atoms with Gasteiger partial charge >= 0.3 is 0 Å². The first kappa shape index (κ1) is 27.3. The number of benzene rings is 4. The van der Waals surface area contributed by atoms with E-state index in [9.17, 15) is 14.0 Å². The summed E-state index contributed by atoms with van der Waals surface area (Å²) in [6.07, 6.45) is 0. The number of aromatic nitrogens is 3. The number of hydrogen-bond acceptors (Lipinski definition) is 6. The van der Waals surface area contributed by atoms with Crippen LogP contribution in [0.2, 0.25) is 0 Å². The summed E-state index contributed by atoms with van der Waals surface area (Å²) >= 11 is 0. The minimum Gasteiger partial charge on any atom is -0.497 e. The van der Waals surface area contributed by atoms with Crippen LogP contribution in [0, 0.1) is 5.82 Å². The van der Waals surface area contributed by atoms with E-state index in [4.69, 9.17) is 9.47 Å². The van der Waals surface area contributed by atoms with E-state index in [1.165, 1.54) is 35.9 Å². The van der Waals surface area contributed by atoms with Gasteiger partial charge in [-0.15, -0.1) is 5.10 Å². The highest BCUT2D eigenvalue weighted by Gasteiger charge is 2.32. The van der Waals surface area contributed by atoms with Gasteiger partial charge in [-0.25, -0.2) is 9.07 Å². The Hall–Kier alpha value is -5.25. The molecule has 0 radical (unpaired) electrons. The van der Waals surface area contributed by atoms with Crippen molar-refractivity contribution in [3.05, 3.63) is 114 Å². The molecule has 0 fully saturated rings. The molecule has 2 amide bonds. The van der Waals surface area contributed by atoms with E-state index in [-0.39, 0.29) is 19.0 Å². The van der Waals surface area contributed by atoms with Gasteiger partial charge in [0.25, 0.3) is 5.91 Å². The Bertz CT molecular complexity index is 1660. The SMILES string of the molecule is COc1ccc(NC(=O)C(c2ccccc2)N(Cc2ccc(F)cc2)C(=O)Cn2nnc3ccccc32)c(OC)c1. The van der Waals surface area contributed by atoms with Crippen LogP contribution in [0.3, 0.4) is 0 Å². The lowest BCUT2D eigenvalue weighted by atomic mass is 10.0. The molecule has 1 aromatic heterocycles. The number of anilines is 1. The summed E-state index contributed by atoms with van der Waals surface area (Å²) in [5, 5.41) is 11.2. The second-order valence-electron chi connectivity index (χ2n) is 9.25. The van der Waals surface area contributed by atoms with Crippen molar-refractivity contribution < 1.29 is 23.5 Å². The number of ether oxygens (including phenoxy) is 2. The van der Waals surface area contributed by atoms with Gasteiger partial charge in [-0.05, 0) is 47.5 Å². The van der Waals surface area contributed by atoms with Gasteiger partial charge < -0.3 is 19.7 Å². The summed E-state index contributed by atoms with van der Waals surface area (Å²) in [6, 6.07) is 26.1.